The van der Waals surface area contributed by atoms with E-state index in [2.05, 4.69) is 4.72 Å². The smallest absolute Gasteiger partial charge is 0.303 e. The number of carboxylic acid groups (broad SMARTS) is 1. The van der Waals surface area contributed by atoms with Crippen LogP contribution in [-0.4, -0.2) is 26.0 Å². The second kappa shape index (κ2) is 8.01. The monoisotopic (exact) mass is 299 g/mol. The Morgan fingerprint density at radius 1 is 1.25 bits per heavy atom. The predicted molar refractivity (Wildman–Crippen MR) is 76.9 cm³/mol. The average Bonchev–Trinajstić information content (AvgIpc) is 2.43. The van der Waals surface area contributed by atoms with Gasteiger partial charge in [-0.1, -0.05) is 31.5 Å². The van der Waals surface area contributed by atoms with Crippen LogP contribution < -0.4 is 4.72 Å². The fourth-order valence-corrected chi connectivity index (χ4v) is 3.03. The SMILES string of the molecule is CCC(CCNS(=O)(=O)c1ccccc1)CCC(=O)O. The first kappa shape index (κ1) is 16.7. The molecule has 0 bridgehead atoms. The van der Waals surface area contributed by atoms with Crippen molar-refractivity contribution in [2.75, 3.05) is 6.54 Å². The van der Waals surface area contributed by atoms with Gasteiger partial charge in [0.1, 0.15) is 0 Å². The topological polar surface area (TPSA) is 83.5 Å². The number of rotatable bonds is 9. The molecule has 1 unspecified atom stereocenters. The summed E-state index contributed by atoms with van der Waals surface area (Å²) in [5, 5.41) is 8.65. The molecule has 0 aliphatic rings. The van der Waals surface area contributed by atoms with E-state index in [1.165, 1.54) is 0 Å². The van der Waals surface area contributed by atoms with Gasteiger partial charge in [0.15, 0.2) is 0 Å². The number of hydrogen-bond acceptors (Lipinski definition) is 3. The Kier molecular flexibility index (Phi) is 6.67. The van der Waals surface area contributed by atoms with Gasteiger partial charge in [0.2, 0.25) is 10.0 Å². The number of hydrogen-bond donors (Lipinski definition) is 2. The number of benzene rings is 1. The van der Waals surface area contributed by atoms with Crippen LogP contribution in [0.5, 0.6) is 0 Å². The molecule has 0 fully saturated rings. The Morgan fingerprint density at radius 2 is 1.90 bits per heavy atom. The molecule has 0 spiro atoms. The van der Waals surface area contributed by atoms with Crippen LogP contribution in [0.3, 0.4) is 0 Å². The first-order valence-corrected chi connectivity index (χ1v) is 8.20. The highest BCUT2D eigenvalue weighted by Crippen LogP contribution is 2.15. The van der Waals surface area contributed by atoms with Crippen LogP contribution in [0, 0.1) is 5.92 Å². The number of sulfonamides is 1. The lowest BCUT2D eigenvalue weighted by Gasteiger charge is -2.14. The van der Waals surface area contributed by atoms with Crippen LogP contribution in [0.25, 0.3) is 0 Å². The second-order valence-electron chi connectivity index (χ2n) is 4.71. The van der Waals surface area contributed by atoms with Gasteiger partial charge >= 0.3 is 5.97 Å². The number of carboxylic acids is 1. The van der Waals surface area contributed by atoms with E-state index >= 15 is 0 Å². The summed E-state index contributed by atoms with van der Waals surface area (Å²) in [5.74, 6) is -0.585. The van der Waals surface area contributed by atoms with Gasteiger partial charge in [-0.25, -0.2) is 13.1 Å². The number of carbonyl (C=O) groups is 1. The first-order chi connectivity index (χ1) is 9.45. The standard InChI is InChI=1S/C14H21NO4S/c1-2-12(8-9-14(16)17)10-11-15-20(18,19)13-6-4-3-5-7-13/h3-7,12,15H,2,8-11H2,1H3,(H,16,17). The van der Waals surface area contributed by atoms with Crippen molar-refractivity contribution >= 4 is 16.0 Å². The predicted octanol–water partition coefficient (Wildman–Crippen LogP) is 2.25. The molecular formula is C14H21NO4S. The van der Waals surface area contributed by atoms with Gasteiger partial charge in [0.05, 0.1) is 4.90 Å². The molecule has 0 saturated heterocycles. The third-order valence-corrected chi connectivity index (χ3v) is 4.72. The molecule has 2 N–H and O–H groups in total. The molecule has 1 rings (SSSR count). The van der Waals surface area contributed by atoms with E-state index in [4.69, 9.17) is 5.11 Å². The summed E-state index contributed by atoms with van der Waals surface area (Å²) in [6.07, 6.45) is 2.21. The minimum atomic E-state index is -3.46. The third kappa shape index (κ3) is 5.71. The molecule has 0 radical (unpaired) electrons. The minimum Gasteiger partial charge on any atom is -0.481 e. The van der Waals surface area contributed by atoms with E-state index in [0.29, 0.717) is 19.4 Å². The number of aliphatic carboxylic acids is 1. The van der Waals surface area contributed by atoms with Crippen molar-refractivity contribution in [2.45, 2.75) is 37.5 Å². The maximum absolute atomic E-state index is 12.0. The molecule has 1 aromatic rings. The first-order valence-electron chi connectivity index (χ1n) is 6.72. The highest BCUT2D eigenvalue weighted by molar-refractivity contribution is 7.89. The summed E-state index contributed by atoms with van der Waals surface area (Å²) in [6.45, 7) is 2.31. The molecule has 6 heteroatoms. The zero-order valence-corrected chi connectivity index (χ0v) is 12.4. The summed E-state index contributed by atoms with van der Waals surface area (Å²) in [6, 6.07) is 8.21. The molecule has 0 aliphatic carbocycles. The molecule has 5 nitrogen and oxygen atoms in total. The van der Waals surface area contributed by atoms with E-state index in [0.717, 1.165) is 6.42 Å². The van der Waals surface area contributed by atoms with Gasteiger partial charge in [-0.3, -0.25) is 4.79 Å². The van der Waals surface area contributed by atoms with Crippen LogP contribution in [0.2, 0.25) is 0 Å². The zero-order valence-electron chi connectivity index (χ0n) is 11.6. The van der Waals surface area contributed by atoms with Crippen molar-refractivity contribution in [2.24, 2.45) is 5.92 Å². The zero-order chi connectivity index (χ0) is 15.0. The average molecular weight is 299 g/mol. The molecule has 1 aromatic carbocycles. The molecule has 0 aliphatic heterocycles. The van der Waals surface area contributed by atoms with E-state index in [9.17, 15) is 13.2 Å². The summed E-state index contributed by atoms with van der Waals surface area (Å²) < 4.78 is 26.5. The number of nitrogens with one attached hydrogen (secondary N) is 1. The van der Waals surface area contributed by atoms with Crippen molar-refractivity contribution in [3.63, 3.8) is 0 Å². The second-order valence-corrected chi connectivity index (χ2v) is 6.47. The van der Waals surface area contributed by atoms with Gasteiger partial charge in [-0.15, -0.1) is 0 Å². The molecule has 1 atom stereocenters. The van der Waals surface area contributed by atoms with Gasteiger partial charge in [0.25, 0.3) is 0 Å². The lowest BCUT2D eigenvalue weighted by molar-refractivity contribution is -0.137. The van der Waals surface area contributed by atoms with E-state index < -0.39 is 16.0 Å². The molecule has 0 heterocycles. The minimum absolute atomic E-state index is 0.129. The van der Waals surface area contributed by atoms with Gasteiger partial charge in [-0.2, -0.15) is 0 Å². The van der Waals surface area contributed by atoms with Crippen LogP contribution in [0.4, 0.5) is 0 Å². The third-order valence-electron chi connectivity index (χ3n) is 3.24. The van der Waals surface area contributed by atoms with Gasteiger partial charge < -0.3 is 5.11 Å². The largest absolute Gasteiger partial charge is 0.481 e. The molecule has 0 aromatic heterocycles. The molecule has 112 valence electrons. The van der Waals surface area contributed by atoms with Crippen molar-refractivity contribution < 1.29 is 18.3 Å². The molecule has 20 heavy (non-hydrogen) atoms. The fourth-order valence-electron chi connectivity index (χ4n) is 1.96. The molecular weight excluding hydrogens is 278 g/mol. The highest BCUT2D eigenvalue weighted by Gasteiger charge is 2.14. The highest BCUT2D eigenvalue weighted by atomic mass is 32.2. The van der Waals surface area contributed by atoms with Crippen molar-refractivity contribution in [3.8, 4) is 0 Å². The lowest BCUT2D eigenvalue weighted by atomic mass is 9.97. The van der Waals surface area contributed by atoms with E-state index in [-0.39, 0.29) is 17.2 Å². The lowest BCUT2D eigenvalue weighted by Crippen LogP contribution is -2.26. The van der Waals surface area contributed by atoms with Crippen molar-refractivity contribution in [3.05, 3.63) is 30.3 Å². The summed E-state index contributed by atoms with van der Waals surface area (Å²) >= 11 is 0. The summed E-state index contributed by atoms with van der Waals surface area (Å²) in [4.78, 5) is 10.8. The van der Waals surface area contributed by atoms with Gasteiger partial charge in [-0.05, 0) is 30.9 Å². The van der Waals surface area contributed by atoms with Crippen LogP contribution >= 0.6 is 0 Å². The van der Waals surface area contributed by atoms with Crippen molar-refractivity contribution in [1.82, 2.24) is 4.72 Å². The Bertz CT molecular complexity index is 513. The quantitative estimate of drug-likeness (QED) is 0.732. The maximum Gasteiger partial charge on any atom is 0.303 e. The Balaban J connectivity index is 2.44. The Hall–Kier alpha value is -1.40. The Labute approximate surface area is 120 Å². The van der Waals surface area contributed by atoms with Gasteiger partial charge in [0, 0.05) is 13.0 Å². The van der Waals surface area contributed by atoms with Crippen molar-refractivity contribution in [1.29, 1.82) is 0 Å². The van der Waals surface area contributed by atoms with Crippen LogP contribution in [0.15, 0.2) is 35.2 Å². The Morgan fingerprint density at radius 3 is 2.45 bits per heavy atom. The van der Waals surface area contributed by atoms with Crippen LogP contribution in [0.1, 0.15) is 32.6 Å². The molecule has 0 amide bonds. The summed E-state index contributed by atoms with van der Waals surface area (Å²) in [7, 11) is -3.46. The van der Waals surface area contributed by atoms with E-state index in [1.807, 2.05) is 6.92 Å². The normalized spacial score (nSPS) is 13.1. The molecule has 0 saturated carbocycles. The maximum atomic E-state index is 12.0. The fraction of sp³-hybridized carbons (Fsp3) is 0.500. The summed E-state index contributed by atoms with van der Waals surface area (Å²) in [5.41, 5.74) is 0. The van der Waals surface area contributed by atoms with E-state index in [1.54, 1.807) is 30.3 Å². The van der Waals surface area contributed by atoms with Crippen LogP contribution in [-0.2, 0) is 14.8 Å².